The van der Waals surface area contributed by atoms with Gasteiger partial charge in [-0.2, -0.15) is 0 Å². The number of likely N-dealkylation sites (tertiary alicyclic amines) is 1. The van der Waals surface area contributed by atoms with Gasteiger partial charge >= 0.3 is 6.09 Å². The predicted octanol–water partition coefficient (Wildman–Crippen LogP) is 3.82. The molecule has 1 aromatic carbocycles. The second-order valence-corrected chi connectivity index (χ2v) is 9.91. The Morgan fingerprint density at radius 1 is 1.24 bits per heavy atom. The molecular weight excluding hydrogens is 392 g/mol. The standard InChI is InChI=1S/C22H29ClN2O4/c1-21(2,3)29-20(27)25-9-4-5-18(25)17-12-15(23)11-14-13-24(10-6-16(14)17)19(26)22(28)7-8-22/h11-12,18,28H,4-10,13H2,1-3H3/t18-/m0/s1. The number of hydrogen-bond donors (Lipinski definition) is 1. The third-order valence-electron chi connectivity index (χ3n) is 5.98. The number of halogens is 1. The zero-order valence-corrected chi connectivity index (χ0v) is 18.1. The minimum absolute atomic E-state index is 0.0628. The molecule has 0 radical (unpaired) electrons. The van der Waals surface area contributed by atoms with Crippen molar-refractivity contribution in [2.45, 2.75) is 76.7 Å². The first-order valence-electron chi connectivity index (χ1n) is 10.4. The minimum atomic E-state index is -1.15. The van der Waals surface area contributed by atoms with E-state index in [1.54, 1.807) is 4.90 Å². The molecule has 0 unspecified atom stereocenters. The second kappa shape index (κ2) is 7.17. The predicted molar refractivity (Wildman–Crippen MR) is 110 cm³/mol. The van der Waals surface area contributed by atoms with Gasteiger partial charge in [0.1, 0.15) is 11.2 Å². The summed E-state index contributed by atoms with van der Waals surface area (Å²) in [5.74, 6) is -0.180. The Balaban J connectivity index is 1.60. The summed E-state index contributed by atoms with van der Waals surface area (Å²) >= 11 is 6.44. The van der Waals surface area contributed by atoms with Crippen LogP contribution in [0.3, 0.4) is 0 Å². The van der Waals surface area contributed by atoms with E-state index in [4.69, 9.17) is 16.3 Å². The van der Waals surface area contributed by atoms with Crippen LogP contribution in [0.25, 0.3) is 0 Å². The van der Waals surface area contributed by atoms with Crippen LogP contribution in [-0.4, -0.2) is 51.2 Å². The Morgan fingerprint density at radius 3 is 2.62 bits per heavy atom. The first-order valence-corrected chi connectivity index (χ1v) is 10.8. The highest BCUT2D eigenvalue weighted by molar-refractivity contribution is 6.30. The molecule has 0 spiro atoms. The van der Waals surface area contributed by atoms with Crippen molar-refractivity contribution in [2.24, 2.45) is 0 Å². The van der Waals surface area contributed by atoms with Crippen molar-refractivity contribution in [1.29, 1.82) is 0 Å². The van der Waals surface area contributed by atoms with Gasteiger partial charge in [-0.3, -0.25) is 4.79 Å². The van der Waals surface area contributed by atoms with E-state index in [-0.39, 0.29) is 18.0 Å². The molecule has 1 N–H and O–H groups in total. The van der Waals surface area contributed by atoms with E-state index >= 15 is 0 Å². The van der Waals surface area contributed by atoms with E-state index < -0.39 is 11.2 Å². The molecule has 1 saturated heterocycles. The molecule has 2 heterocycles. The van der Waals surface area contributed by atoms with E-state index in [0.717, 1.165) is 24.0 Å². The van der Waals surface area contributed by atoms with Crippen molar-refractivity contribution in [2.75, 3.05) is 13.1 Å². The van der Waals surface area contributed by atoms with Gasteiger partial charge < -0.3 is 19.6 Å². The minimum Gasteiger partial charge on any atom is -0.444 e. The number of carbonyl (C=O) groups excluding carboxylic acids is 2. The van der Waals surface area contributed by atoms with Gasteiger partial charge in [0.15, 0.2) is 0 Å². The van der Waals surface area contributed by atoms with Crippen LogP contribution in [0.4, 0.5) is 4.79 Å². The smallest absolute Gasteiger partial charge is 0.410 e. The van der Waals surface area contributed by atoms with Crippen molar-refractivity contribution in [3.05, 3.63) is 33.8 Å². The number of nitrogens with zero attached hydrogens (tertiary/aromatic N) is 2. The summed E-state index contributed by atoms with van der Waals surface area (Å²) in [6, 6.07) is 3.80. The molecule has 7 heteroatoms. The van der Waals surface area contributed by atoms with Crippen LogP contribution in [-0.2, 0) is 22.5 Å². The summed E-state index contributed by atoms with van der Waals surface area (Å²) in [5, 5.41) is 10.8. The van der Waals surface area contributed by atoms with Crippen LogP contribution in [0.15, 0.2) is 12.1 Å². The zero-order valence-electron chi connectivity index (χ0n) is 17.3. The van der Waals surface area contributed by atoms with Gasteiger partial charge in [-0.05, 0) is 81.7 Å². The molecule has 0 bridgehead atoms. The fraction of sp³-hybridized carbons (Fsp3) is 0.636. The molecule has 6 nitrogen and oxygen atoms in total. The van der Waals surface area contributed by atoms with Crippen LogP contribution in [0.1, 0.15) is 69.2 Å². The van der Waals surface area contributed by atoms with E-state index in [2.05, 4.69) is 0 Å². The number of ether oxygens (including phenoxy) is 1. The number of amides is 2. The monoisotopic (exact) mass is 420 g/mol. The Labute approximate surface area is 176 Å². The number of hydrogen-bond acceptors (Lipinski definition) is 4. The maximum Gasteiger partial charge on any atom is 0.410 e. The average molecular weight is 421 g/mol. The molecule has 0 aromatic heterocycles. The van der Waals surface area contributed by atoms with Crippen molar-refractivity contribution < 1.29 is 19.4 Å². The summed E-state index contributed by atoms with van der Waals surface area (Å²) < 4.78 is 5.61. The first kappa shape index (κ1) is 20.5. The molecule has 2 amide bonds. The Kier molecular flexibility index (Phi) is 5.06. The van der Waals surface area contributed by atoms with Crippen molar-refractivity contribution in [3.8, 4) is 0 Å². The van der Waals surface area contributed by atoms with E-state index in [1.807, 2.05) is 37.8 Å². The van der Waals surface area contributed by atoms with E-state index in [0.29, 0.717) is 43.9 Å². The van der Waals surface area contributed by atoms with Gasteiger partial charge in [-0.25, -0.2) is 4.79 Å². The first-order chi connectivity index (χ1) is 13.6. The molecule has 1 saturated carbocycles. The molecule has 1 aromatic rings. The third-order valence-corrected chi connectivity index (χ3v) is 6.20. The number of carbonyl (C=O) groups is 2. The number of fused-ring (bicyclic) bond motifs is 1. The fourth-order valence-electron chi connectivity index (χ4n) is 4.42. The molecule has 158 valence electrons. The summed E-state index contributed by atoms with van der Waals surface area (Å²) in [7, 11) is 0. The van der Waals surface area contributed by atoms with Crippen molar-refractivity contribution >= 4 is 23.6 Å². The molecule has 1 atom stereocenters. The fourth-order valence-corrected chi connectivity index (χ4v) is 4.67. The summed E-state index contributed by atoms with van der Waals surface area (Å²) in [5.41, 5.74) is 1.54. The second-order valence-electron chi connectivity index (χ2n) is 9.47. The molecule has 2 fully saturated rings. The van der Waals surface area contributed by atoms with Gasteiger partial charge in [0.25, 0.3) is 5.91 Å². The molecule has 3 aliphatic rings. The van der Waals surface area contributed by atoms with Gasteiger partial charge in [-0.1, -0.05) is 11.6 Å². The zero-order chi connectivity index (χ0) is 21.0. The summed E-state index contributed by atoms with van der Waals surface area (Å²) in [6.07, 6.45) is 3.28. The quantitative estimate of drug-likeness (QED) is 0.789. The molecule has 29 heavy (non-hydrogen) atoms. The topological polar surface area (TPSA) is 70.1 Å². The SMILES string of the molecule is CC(C)(C)OC(=O)N1CCC[C@H]1c1cc(Cl)cc2c1CCN(C(=O)C1(O)CC1)C2. The summed E-state index contributed by atoms with van der Waals surface area (Å²) in [6.45, 7) is 7.30. The molecule has 4 rings (SSSR count). The Bertz CT molecular complexity index is 844. The Hall–Kier alpha value is -1.79. The van der Waals surface area contributed by atoms with E-state index in [1.165, 1.54) is 5.56 Å². The summed E-state index contributed by atoms with van der Waals surface area (Å²) in [4.78, 5) is 28.9. The van der Waals surface area contributed by atoms with E-state index in [9.17, 15) is 14.7 Å². The third kappa shape index (κ3) is 4.10. The largest absolute Gasteiger partial charge is 0.444 e. The lowest BCUT2D eigenvalue weighted by molar-refractivity contribution is -0.143. The highest BCUT2D eigenvalue weighted by Crippen LogP contribution is 2.41. The van der Waals surface area contributed by atoms with Crippen LogP contribution in [0.5, 0.6) is 0 Å². The van der Waals surface area contributed by atoms with Crippen LogP contribution in [0, 0.1) is 0 Å². The lowest BCUT2D eigenvalue weighted by Gasteiger charge is -2.34. The van der Waals surface area contributed by atoms with Gasteiger partial charge in [0.2, 0.25) is 0 Å². The van der Waals surface area contributed by atoms with Gasteiger partial charge in [-0.15, -0.1) is 0 Å². The van der Waals surface area contributed by atoms with Gasteiger partial charge in [0, 0.05) is 24.7 Å². The van der Waals surface area contributed by atoms with Crippen molar-refractivity contribution in [3.63, 3.8) is 0 Å². The molecular formula is C22H29ClN2O4. The van der Waals surface area contributed by atoms with Crippen molar-refractivity contribution in [1.82, 2.24) is 9.80 Å². The van der Waals surface area contributed by atoms with Crippen LogP contribution in [0.2, 0.25) is 5.02 Å². The number of rotatable bonds is 2. The Morgan fingerprint density at radius 2 is 1.97 bits per heavy atom. The molecule has 2 aliphatic heterocycles. The maximum atomic E-state index is 12.7. The normalized spacial score (nSPS) is 23.0. The van der Waals surface area contributed by atoms with Crippen LogP contribution < -0.4 is 0 Å². The molecule has 1 aliphatic carbocycles. The average Bonchev–Trinajstić information content (AvgIpc) is 3.19. The number of benzene rings is 1. The van der Waals surface area contributed by atoms with Gasteiger partial charge in [0.05, 0.1) is 6.04 Å². The highest BCUT2D eigenvalue weighted by Gasteiger charge is 2.50. The maximum absolute atomic E-state index is 12.7. The number of aliphatic hydroxyl groups is 1. The highest BCUT2D eigenvalue weighted by atomic mass is 35.5. The van der Waals surface area contributed by atoms with Crippen LogP contribution >= 0.6 is 11.6 Å². The lowest BCUT2D eigenvalue weighted by Crippen LogP contribution is -2.43. The lowest BCUT2D eigenvalue weighted by atomic mass is 9.89.